The van der Waals surface area contributed by atoms with Crippen molar-refractivity contribution in [3.05, 3.63) is 52.3 Å². The number of hydrogen-bond acceptors (Lipinski definition) is 7. The first-order chi connectivity index (χ1) is 17.4. The van der Waals surface area contributed by atoms with Gasteiger partial charge in [-0.3, -0.25) is 14.9 Å². The zero-order chi connectivity index (χ0) is 27.0. The highest BCUT2D eigenvalue weighted by Crippen LogP contribution is 2.41. The monoisotopic (exact) mass is 607 g/mol. The van der Waals surface area contributed by atoms with Crippen LogP contribution >= 0.6 is 17.0 Å². The van der Waals surface area contributed by atoms with Gasteiger partial charge in [-0.15, -0.1) is 17.0 Å². The molecule has 9 nitrogen and oxygen atoms in total. The molecule has 4 rings (SSSR count). The summed E-state index contributed by atoms with van der Waals surface area (Å²) in [6.45, 7) is 7.33. The van der Waals surface area contributed by atoms with Crippen molar-refractivity contribution in [2.75, 3.05) is 30.7 Å². The fourth-order valence-corrected chi connectivity index (χ4v) is 5.03. The van der Waals surface area contributed by atoms with Crippen LogP contribution in [0.3, 0.4) is 0 Å². The summed E-state index contributed by atoms with van der Waals surface area (Å²) in [4.78, 5) is 19.9. The third kappa shape index (κ3) is 7.12. The van der Waals surface area contributed by atoms with E-state index in [2.05, 4.69) is 4.72 Å². The van der Waals surface area contributed by atoms with E-state index in [1.807, 2.05) is 32.9 Å². The lowest BCUT2D eigenvalue weighted by Gasteiger charge is -2.26. The van der Waals surface area contributed by atoms with Crippen molar-refractivity contribution in [3.63, 3.8) is 0 Å². The molecule has 1 aliphatic carbocycles. The Kier molecular flexibility index (Phi) is 9.26. The summed E-state index contributed by atoms with van der Waals surface area (Å²) in [5.41, 5.74) is 9.11. The van der Waals surface area contributed by atoms with Gasteiger partial charge in [-0.25, -0.2) is 13.4 Å². The molecule has 1 fully saturated rings. The van der Waals surface area contributed by atoms with Gasteiger partial charge in [0.2, 0.25) is 10.0 Å². The number of halogens is 1. The molecule has 1 aliphatic heterocycles. The number of fused-ring (bicyclic) bond motifs is 1. The number of anilines is 1. The Hall–Kier alpha value is -2.50. The van der Waals surface area contributed by atoms with Gasteiger partial charge in [0.1, 0.15) is 17.3 Å². The van der Waals surface area contributed by atoms with Crippen LogP contribution < -0.4 is 15.2 Å². The maximum Gasteiger partial charge on any atom is 0.229 e. The highest BCUT2D eigenvalue weighted by molar-refractivity contribution is 8.93. The minimum absolute atomic E-state index is 0. The summed E-state index contributed by atoms with van der Waals surface area (Å²) in [7, 11) is -3.63. The van der Waals surface area contributed by atoms with Gasteiger partial charge in [0, 0.05) is 34.8 Å². The second kappa shape index (κ2) is 11.7. The fourth-order valence-electron chi connectivity index (χ4n) is 4.47. The molecule has 1 aromatic heterocycles. The number of ether oxygens (including phenoxy) is 1. The maximum atomic E-state index is 13.5. The Bertz CT molecular complexity index is 1320. The first kappa shape index (κ1) is 30.0. The number of pyridine rings is 1. The van der Waals surface area contributed by atoms with Crippen LogP contribution in [-0.2, 0) is 22.0 Å². The number of carbonyl (C=O) groups is 1. The van der Waals surface area contributed by atoms with E-state index in [1.54, 1.807) is 11.0 Å². The first-order valence-corrected chi connectivity index (χ1v) is 14.6. The predicted molar refractivity (Wildman–Crippen MR) is 155 cm³/mol. The van der Waals surface area contributed by atoms with Gasteiger partial charge in [0.25, 0.3) is 0 Å². The highest BCUT2D eigenvalue weighted by atomic mass is 79.9. The van der Waals surface area contributed by atoms with Crippen LogP contribution in [0.2, 0.25) is 0 Å². The van der Waals surface area contributed by atoms with Crippen molar-refractivity contribution >= 4 is 44.3 Å². The zero-order valence-electron chi connectivity index (χ0n) is 22.5. The Morgan fingerprint density at radius 3 is 2.55 bits per heavy atom. The molecule has 0 radical (unpaired) electrons. The largest absolute Gasteiger partial charge is 0.491 e. The molecule has 0 spiro atoms. The lowest BCUT2D eigenvalue weighted by molar-refractivity contribution is 0.0962. The molecule has 0 unspecified atom stereocenters. The van der Waals surface area contributed by atoms with Crippen LogP contribution in [0.5, 0.6) is 5.75 Å². The van der Waals surface area contributed by atoms with Gasteiger partial charge < -0.3 is 15.4 Å². The molecule has 208 valence electrons. The number of Topliss-reactive ketones (excluding diaryl/α,β-unsaturated/α-hetero) is 1. The van der Waals surface area contributed by atoms with E-state index in [0.717, 1.165) is 48.8 Å². The number of hydrogen-bond donors (Lipinski definition) is 3. The third-order valence-corrected chi connectivity index (χ3v) is 7.18. The summed E-state index contributed by atoms with van der Waals surface area (Å²) in [5.74, 6) is 0.943. The summed E-state index contributed by atoms with van der Waals surface area (Å²) in [5, 5.41) is 8.64. The number of benzene rings is 1. The number of aromatic nitrogens is 1. The Morgan fingerprint density at radius 1 is 1.24 bits per heavy atom. The van der Waals surface area contributed by atoms with Crippen LogP contribution in [0.1, 0.15) is 85.2 Å². The van der Waals surface area contributed by atoms with Gasteiger partial charge in [0.15, 0.2) is 5.78 Å². The molecule has 2 heterocycles. The second-order valence-electron chi connectivity index (χ2n) is 11.0. The molecule has 0 saturated heterocycles. The lowest BCUT2D eigenvalue weighted by atomic mass is 9.84. The van der Waals surface area contributed by atoms with Crippen LogP contribution in [0.25, 0.3) is 0 Å². The molecule has 11 heteroatoms. The molecule has 1 saturated carbocycles. The van der Waals surface area contributed by atoms with Crippen LogP contribution in [-0.4, -0.2) is 55.9 Å². The summed E-state index contributed by atoms with van der Waals surface area (Å²) in [6, 6.07) is 7.36. The first-order valence-electron chi connectivity index (χ1n) is 12.7. The number of unbranched alkanes of at least 4 members (excludes halogenated alkanes) is 1. The summed E-state index contributed by atoms with van der Waals surface area (Å²) < 4.78 is 33.0. The van der Waals surface area contributed by atoms with Gasteiger partial charge in [-0.2, -0.15) is 0 Å². The molecule has 2 aromatic rings. The van der Waals surface area contributed by atoms with Crippen molar-refractivity contribution < 1.29 is 17.9 Å². The van der Waals surface area contributed by atoms with Crippen molar-refractivity contribution in [2.45, 2.75) is 64.3 Å². The van der Waals surface area contributed by atoms with E-state index in [4.69, 9.17) is 20.9 Å². The highest BCUT2D eigenvalue weighted by Gasteiger charge is 2.32. The van der Waals surface area contributed by atoms with Crippen LogP contribution in [0.4, 0.5) is 5.69 Å². The predicted octanol–water partition coefficient (Wildman–Crippen LogP) is 4.35. The number of amidine groups is 1. The van der Waals surface area contributed by atoms with Crippen molar-refractivity contribution in [1.29, 1.82) is 5.41 Å². The number of ketones is 1. The van der Waals surface area contributed by atoms with Crippen LogP contribution in [0.15, 0.2) is 24.3 Å². The number of nitrogens with zero attached hydrogens (tertiary/aromatic N) is 2. The number of carbonyl (C=O) groups excluding carboxylic acids is 1. The number of nitrogens with two attached hydrogens (primary N) is 1. The average Bonchev–Trinajstić information content (AvgIpc) is 3.61. The summed E-state index contributed by atoms with van der Waals surface area (Å²) in [6.07, 6.45) is 4.86. The standard InChI is InChI=1S/C27H37N5O4S.BrH/c1-27(2,3)20-13-19(14-22(31-37(4,34)35)25(20)36-12-6-5-11-28)23(33)16-32-15-18-9-10-21(17-7-8-17)30-24(18)26(32)29;/h9-10,13-14,17,29,31H,5-8,11-12,15-16,28H2,1-4H3;1H. The van der Waals surface area contributed by atoms with Crippen LogP contribution in [0, 0.1) is 5.41 Å². The van der Waals surface area contributed by atoms with E-state index in [-0.39, 0.29) is 40.8 Å². The fraction of sp³-hybridized carbons (Fsp3) is 0.519. The Balaban J connectivity index is 0.00000400. The maximum absolute atomic E-state index is 13.5. The normalized spacial score (nSPS) is 15.2. The van der Waals surface area contributed by atoms with E-state index < -0.39 is 15.4 Å². The SMILES string of the molecule is Br.CC(C)(C)c1cc(C(=O)CN2Cc3ccc(C4CC4)nc3C2=N)cc(NS(C)(=O)=O)c1OCCCCN. The number of nitrogens with one attached hydrogen (secondary N) is 2. The Morgan fingerprint density at radius 2 is 1.95 bits per heavy atom. The van der Waals surface area contributed by atoms with E-state index >= 15 is 0 Å². The molecule has 0 atom stereocenters. The molecule has 0 amide bonds. The topological polar surface area (TPSA) is 138 Å². The quantitative estimate of drug-likeness (QED) is 0.255. The van der Waals surface area contributed by atoms with Gasteiger partial charge in [0.05, 0.1) is 25.1 Å². The molecule has 2 aliphatic rings. The average molecular weight is 609 g/mol. The van der Waals surface area contributed by atoms with E-state index in [9.17, 15) is 13.2 Å². The second-order valence-corrected chi connectivity index (χ2v) is 12.8. The lowest BCUT2D eigenvalue weighted by Crippen LogP contribution is -2.31. The Labute approximate surface area is 235 Å². The zero-order valence-corrected chi connectivity index (χ0v) is 25.0. The molecule has 1 aromatic carbocycles. The van der Waals surface area contributed by atoms with Crippen molar-refractivity contribution in [1.82, 2.24) is 9.88 Å². The number of sulfonamides is 1. The minimum Gasteiger partial charge on any atom is -0.491 e. The van der Waals surface area contributed by atoms with Gasteiger partial charge in [-0.1, -0.05) is 26.8 Å². The molecular formula is C27H38BrN5O4S. The van der Waals surface area contributed by atoms with Gasteiger partial charge >= 0.3 is 0 Å². The molecular weight excluding hydrogens is 570 g/mol. The smallest absolute Gasteiger partial charge is 0.229 e. The molecule has 4 N–H and O–H groups in total. The van der Waals surface area contributed by atoms with Crippen molar-refractivity contribution in [2.24, 2.45) is 5.73 Å². The van der Waals surface area contributed by atoms with E-state index in [1.165, 1.54) is 6.07 Å². The molecule has 38 heavy (non-hydrogen) atoms. The summed E-state index contributed by atoms with van der Waals surface area (Å²) >= 11 is 0. The minimum atomic E-state index is -3.63. The third-order valence-electron chi connectivity index (χ3n) is 6.59. The number of rotatable bonds is 11. The molecule has 0 bridgehead atoms. The van der Waals surface area contributed by atoms with Gasteiger partial charge in [-0.05, 0) is 55.8 Å². The van der Waals surface area contributed by atoms with E-state index in [0.29, 0.717) is 42.6 Å². The van der Waals surface area contributed by atoms with Crippen molar-refractivity contribution in [3.8, 4) is 5.75 Å².